The van der Waals surface area contributed by atoms with Crippen molar-refractivity contribution in [1.29, 1.82) is 0 Å². The Morgan fingerprint density at radius 2 is 1.81 bits per heavy atom. The van der Waals surface area contributed by atoms with E-state index in [2.05, 4.69) is 10.3 Å². The van der Waals surface area contributed by atoms with Crippen LogP contribution in [0, 0.1) is 0 Å². The predicted molar refractivity (Wildman–Crippen MR) is 146 cm³/mol. The van der Waals surface area contributed by atoms with Crippen molar-refractivity contribution in [1.82, 2.24) is 14.9 Å². The summed E-state index contributed by atoms with van der Waals surface area (Å²) in [5.41, 5.74) is 2.42. The summed E-state index contributed by atoms with van der Waals surface area (Å²) in [7, 11) is 0. The maximum Gasteiger partial charge on any atom is 0.316 e. The second kappa shape index (κ2) is 12.6. The number of aromatic nitrogens is 2. The van der Waals surface area contributed by atoms with Crippen LogP contribution >= 0.6 is 23.4 Å². The van der Waals surface area contributed by atoms with Crippen LogP contribution in [-0.2, 0) is 29.0 Å². The van der Waals surface area contributed by atoms with Crippen LogP contribution in [-0.4, -0.2) is 33.8 Å². The average Bonchev–Trinajstić information content (AvgIpc) is 2.91. The molecule has 1 N–H and O–H groups in total. The number of rotatable bonds is 10. The number of carbonyl (C=O) groups excluding carboxylic acids is 2. The minimum absolute atomic E-state index is 0.0230. The molecule has 0 aliphatic carbocycles. The van der Waals surface area contributed by atoms with Crippen molar-refractivity contribution >= 4 is 46.1 Å². The fourth-order valence-electron chi connectivity index (χ4n) is 3.78. The van der Waals surface area contributed by atoms with E-state index in [1.165, 1.54) is 0 Å². The molecule has 0 atom stereocenters. The number of carbonyl (C=O) groups is 2. The van der Waals surface area contributed by atoms with Gasteiger partial charge in [0.15, 0.2) is 5.16 Å². The van der Waals surface area contributed by atoms with E-state index in [9.17, 15) is 14.4 Å². The molecule has 4 rings (SSSR count). The third-order valence-corrected chi connectivity index (χ3v) is 6.99. The summed E-state index contributed by atoms with van der Waals surface area (Å²) in [4.78, 5) is 42.9. The quantitative estimate of drug-likeness (QED) is 0.177. The SMILES string of the molecule is CCOC(=O)CSc1nc2cc(C(=O)NCc3ccccc3Cl)ccc2c(=O)n1CCc1ccccc1. The van der Waals surface area contributed by atoms with Gasteiger partial charge in [-0.05, 0) is 48.7 Å². The van der Waals surface area contributed by atoms with Gasteiger partial charge in [-0.1, -0.05) is 71.9 Å². The van der Waals surface area contributed by atoms with Gasteiger partial charge in [0.25, 0.3) is 11.5 Å². The lowest BCUT2D eigenvalue weighted by Gasteiger charge is -2.14. The average molecular weight is 536 g/mol. The van der Waals surface area contributed by atoms with Gasteiger partial charge in [-0.25, -0.2) is 4.98 Å². The smallest absolute Gasteiger partial charge is 0.316 e. The van der Waals surface area contributed by atoms with E-state index in [-0.39, 0.29) is 36.3 Å². The Bertz CT molecular complexity index is 1470. The highest BCUT2D eigenvalue weighted by Gasteiger charge is 2.16. The lowest BCUT2D eigenvalue weighted by Crippen LogP contribution is -2.26. The summed E-state index contributed by atoms with van der Waals surface area (Å²) in [6.45, 7) is 2.69. The second-order valence-corrected chi connectivity index (χ2v) is 9.54. The van der Waals surface area contributed by atoms with Gasteiger partial charge >= 0.3 is 5.97 Å². The molecule has 190 valence electrons. The standard InChI is InChI=1S/C28H26ClN3O4S/c1-2-36-25(33)18-37-28-31-24-16-20(26(34)30-17-21-10-6-7-11-23(21)29)12-13-22(24)27(35)32(28)15-14-19-8-4-3-5-9-19/h3-13,16H,2,14-15,17-18H2,1H3,(H,30,34). The number of amides is 1. The summed E-state index contributed by atoms with van der Waals surface area (Å²) in [5, 5.41) is 4.22. The van der Waals surface area contributed by atoms with Crippen LogP contribution in [0.4, 0.5) is 0 Å². The summed E-state index contributed by atoms with van der Waals surface area (Å²) in [6.07, 6.45) is 0.628. The molecule has 0 saturated heterocycles. The number of esters is 1. The monoisotopic (exact) mass is 535 g/mol. The molecule has 4 aromatic rings. The molecule has 0 spiro atoms. The normalized spacial score (nSPS) is 10.9. The Morgan fingerprint density at radius 3 is 2.57 bits per heavy atom. The number of hydrogen-bond donors (Lipinski definition) is 1. The number of nitrogens with zero attached hydrogens (tertiary/aromatic N) is 2. The molecule has 0 saturated carbocycles. The van der Waals surface area contributed by atoms with Gasteiger partial charge in [0.1, 0.15) is 0 Å². The Labute approximate surface area is 223 Å². The highest BCUT2D eigenvalue weighted by Crippen LogP contribution is 2.20. The third kappa shape index (κ3) is 6.78. The third-order valence-electron chi connectivity index (χ3n) is 5.67. The molecule has 3 aromatic carbocycles. The maximum atomic E-state index is 13.4. The number of hydrogen-bond acceptors (Lipinski definition) is 6. The van der Waals surface area contributed by atoms with E-state index >= 15 is 0 Å². The van der Waals surface area contributed by atoms with Crippen LogP contribution in [0.25, 0.3) is 10.9 Å². The first-order valence-electron chi connectivity index (χ1n) is 11.8. The number of aryl methyl sites for hydroxylation is 1. The molecule has 0 bridgehead atoms. The van der Waals surface area contributed by atoms with Gasteiger partial charge in [0, 0.05) is 23.7 Å². The van der Waals surface area contributed by atoms with Crippen molar-refractivity contribution in [2.75, 3.05) is 12.4 Å². The highest BCUT2D eigenvalue weighted by molar-refractivity contribution is 7.99. The van der Waals surface area contributed by atoms with E-state index in [0.717, 1.165) is 22.9 Å². The molecule has 7 nitrogen and oxygen atoms in total. The van der Waals surface area contributed by atoms with E-state index in [1.807, 2.05) is 48.5 Å². The summed E-state index contributed by atoms with van der Waals surface area (Å²) in [5.74, 6) is -0.670. The molecule has 1 aromatic heterocycles. The summed E-state index contributed by atoms with van der Waals surface area (Å²) in [6, 6.07) is 21.9. The van der Waals surface area contributed by atoms with Gasteiger partial charge in [0.05, 0.1) is 23.3 Å². The molecule has 1 amide bonds. The number of thioether (sulfide) groups is 1. The minimum atomic E-state index is -0.385. The van der Waals surface area contributed by atoms with Crippen LogP contribution in [0.3, 0.4) is 0 Å². The second-order valence-electron chi connectivity index (χ2n) is 8.19. The minimum Gasteiger partial charge on any atom is -0.465 e. The molecule has 9 heteroatoms. The zero-order chi connectivity index (χ0) is 26.2. The predicted octanol–water partition coefficient (Wildman–Crippen LogP) is 4.88. The van der Waals surface area contributed by atoms with Crippen molar-refractivity contribution < 1.29 is 14.3 Å². The van der Waals surface area contributed by atoms with Crippen LogP contribution in [0.5, 0.6) is 0 Å². The summed E-state index contributed by atoms with van der Waals surface area (Å²) < 4.78 is 6.62. The number of nitrogens with one attached hydrogen (secondary N) is 1. The number of ether oxygens (including phenoxy) is 1. The molecule has 0 fully saturated rings. The van der Waals surface area contributed by atoms with E-state index in [4.69, 9.17) is 16.3 Å². The van der Waals surface area contributed by atoms with Gasteiger partial charge < -0.3 is 10.1 Å². The highest BCUT2D eigenvalue weighted by atomic mass is 35.5. The largest absolute Gasteiger partial charge is 0.465 e. The first-order valence-corrected chi connectivity index (χ1v) is 13.2. The van der Waals surface area contributed by atoms with Crippen molar-refractivity contribution in [3.8, 4) is 0 Å². The molecule has 1 heterocycles. The molecular formula is C28H26ClN3O4S. The Hall–Kier alpha value is -3.62. The number of benzene rings is 3. The van der Waals surface area contributed by atoms with Gasteiger partial charge in [-0.3, -0.25) is 19.0 Å². The molecular weight excluding hydrogens is 510 g/mol. The fraction of sp³-hybridized carbons (Fsp3) is 0.214. The van der Waals surface area contributed by atoms with Gasteiger partial charge in [-0.15, -0.1) is 0 Å². The van der Waals surface area contributed by atoms with Crippen molar-refractivity contribution in [2.24, 2.45) is 0 Å². The topological polar surface area (TPSA) is 90.3 Å². The lowest BCUT2D eigenvalue weighted by atomic mass is 10.1. The molecule has 0 aliphatic heterocycles. The van der Waals surface area contributed by atoms with Crippen LogP contribution in [0.15, 0.2) is 82.7 Å². The lowest BCUT2D eigenvalue weighted by molar-refractivity contribution is -0.139. The Kier molecular flexibility index (Phi) is 8.98. The molecule has 0 radical (unpaired) electrons. The van der Waals surface area contributed by atoms with Crippen LogP contribution in [0.2, 0.25) is 5.02 Å². The first-order chi connectivity index (χ1) is 18.0. The van der Waals surface area contributed by atoms with Crippen molar-refractivity contribution in [3.05, 3.63) is 105 Å². The molecule has 0 aliphatic rings. The van der Waals surface area contributed by atoms with Crippen LogP contribution in [0.1, 0.15) is 28.4 Å². The van der Waals surface area contributed by atoms with Crippen molar-refractivity contribution in [2.45, 2.75) is 31.6 Å². The maximum absolute atomic E-state index is 13.4. The van der Waals surface area contributed by atoms with Gasteiger partial charge in [0.2, 0.25) is 0 Å². The number of halogens is 1. The first kappa shape index (κ1) is 26.4. The van der Waals surface area contributed by atoms with E-state index < -0.39 is 0 Å². The zero-order valence-electron chi connectivity index (χ0n) is 20.3. The summed E-state index contributed by atoms with van der Waals surface area (Å²) >= 11 is 7.33. The zero-order valence-corrected chi connectivity index (χ0v) is 21.8. The van der Waals surface area contributed by atoms with Crippen molar-refractivity contribution in [3.63, 3.8) is 0 Å². The van der Waals surface area contributed by atoms with Crippen LogP contribution < -0.4 is 10.9 Å². The van der Waals surface area contributed by atoms with E-state index in [1.54, 1.807) is 35.8 Å². The Morgan fingerprint density at radius 1 is 1.05 bits per heavy atom. The molecule has 0 unspecified atom stereocenters. The number of fused-ring (bicyclic) bond motifs is 1. The van der Waals surface area contributed by atoms with E-state index in [0.29, 0.717) is 39.6 Å². The Balaban J connectivity index is 1.62. The fourth-order valence-corrected chi connectivity index (χ4v) is 4.81. The van der Waals surface area contributed by atoms with Gasteiger partial charge in [-0.2, -0.15) is 0 Å². The molecule has 37 heavy (non-hydrogen) atoms.